The van der Waals surface area contributed by atoms with Crippen LogP contribution in [-0.2, 0) is 12.4 Å². The lowest BCUT2D eigenvalue weighted by Crippen LogP contribution is -1.88. The van der Waals surface area contributed by atoms with Gasteiger partial charge in [-0.3, -0.25) is 0 Å². The first-order chi connectivity index (χ1) is 9.22. The van der Waals surface area contributed by atoms with E-state index in [1.165, 1.54) is 5.56 Å². The summed E-state index contributed by atoms with van der Waals surface area (Å²) in [4.78, 5) is 1.15. The number of aliphatic hydroxyl groups excluding tert-OH is 1. The number of aliphatic hydroxyl groups is 1. The Kier molecular flexibility index (Phi) is 5.31. The summed E-state index contributed by atoms with van der Waals surface area (Å²) >= 11 is 5.29. The molecule has 19 heavy (non-hydrogen) atoms. The first kappa shape index (κ1) is 14.4. The summed E-state index contributed by atoms with van der Waals surface area (Å²) < 4.78 is 6.32. The van der Waals surface area contributed by atoms with Crippen molar-refractivity contribution in [1.29, 1.82) is 0 Å². The third-order valence-corrected chi connectivity index (χ3v) is 4.54. The van der Waals surface area contributed by atoms with Gasteiger partial charge in [0.2, 0.25) is 0 Å². The van der Waals surface area contributed by atoms with Gasteiger partial charge in [0.1, 0.15) is 5.75 Å². The molecule has 2 aromatic rings. The van der Waals surface area contributed by atoms with Crippen LogP contribution in [0.2, 0.25) is 0 Å². The molecule has 0 atom stereocenters. The number of thioether (sulfide) groups is 1. The van der Waals surface area contributed by atoms with E-state index >= 15 is 0 Å². The Morgan fingerprint density at radius 1 is 1.21 bits per heavy atom. The summed E-state index contributed by atoms with van der Waals surface area (Å²) in [6.45, 7) is 0.0806. The monoisotopic (exact) mass is 338 g/mol. The Balaban J connectivity index is 2.09. The van der Waals surface area contributed by atoms with E-state index in [9.17, 15) is 0 Å². The number of rotatable bonds is 5. The molecule has 0 radical (unpaired) electrons. The minimum absolute atomic E-state index is 0.0806. The van der Waals surface area contributed by atoms with Gasteiger partial charge < -0.3 is 9.84 Å². The van der Waals surface area contributed by atoms with Gasteiger partial charge in [0.05, 0.1) is 13.7 Å². The van der Waals surface area contributed by atoms with Gasteiger partial charge in [-0.25, -0.2) is 0 Å². The lowest BCUT2D eigenvalue weighted by molar-refractivity contribution is 0.281. The minimum atomic E-state index is 0.0806. The number of halogens is 1. The molecular formula is C15H15BrO2S. The van der Waals surface area contributed by atoms with Crippen molar-refractivity contribution in [3.05, 3.63) is 58.1 Å². The smallest absolute Gasteiger partial charge is 0.119 e. The molecule has 0 heterocycles. The topological polar surface area (TPSA) is 29.5 Å². The lowest BCUT2D eigenvalue weighted by Gasteiger charge is -2.08. The van der Waals surface area contributed by atoms with Gasteiger partial charge in [-0.1, -0.05) is 28.1 Å². The maximum Gasteiger partial charge on any atom is 0.119 e. The molecule has 2 nitrogen and oxygen atoms in total. The molecule has 0 aliphatic carbocycles. The molecule has 0 aliphatic rings. The zero-order valence-electron chi connectivity index (χ0n) is 10.6. The van der Waals surface area contributed by atoms with Crippen molar-refractivity contribution >= 4 is 27.7 Å². The number of hydrogen-bond donors (Lipinski definition) is 1. The third-order valence-electron chi connectivity index (χ3n) is 2.73. The van der Waals surface area contributed by atoms with E-state index in [2.05, 4.69) is 22.0 Å². The first-order valence-corrected chi connectivity index (χ1v) is 7.66. The Bertz CT molecular complexity index is 558. The van der Waals surface area contributed by atoms with E-state index < -0.39 is 0 Å². The van der Waals surface area contributed by atoms with Crippen LogP contribution in [0.4, 0.5) is 0 Å². The number of ether oxygens (including phenoxy) is 1. The Morgan fingerprint density at radius 2 is 2.05 bits per heavy atom. The molecule has 2 aromatic carbocycles. The second-order valence-corrected chi connectivity index (χ2v) is 5.95. The molecule has 0 aliphatic heterocycles. The Labute approximate surface area is 125 Å². The van der Waals surface area contributed by atoms with Crippen LogP contribution in [-0.4, -0.2) is 12.2 Å². The predicted molar refractivity (Wildman–Crippen MR) is 82.6 cm³/mol. The van der Waals surface area contributed by atoms with E-state index in [-0.39, 0.29) is 6.61 Å². The van der Waals surface area contributed by atoms with E-state index in [4.69, 9.17) is 9.84 Å². The molecule has 0 bridgehead atoms. The normalized spacial score (nSPS) is 10.5. The fourth-order valence-corrected chi connectivity index (χ4v) is 3.23. The largest absolute Gasteiger partial charge is 0.497 e. The van der Waals surface area contributed by atoms with E-state index in [1.54, 1.807) is 18.9 Å². The van der Waals surface area contributed by atoms with Gasteiger partial charge in [-0.2, -0.15) is 0 Å². The minimum Gasteiger partial charge on any atom is -0.497 e. The van der Waals surface area contributed by atoms with Crippen molar-refractivity contribution in [2.75, 3.05) is 7.11 Å². The van der Waals surface area contributed by atoms with Crippen LogP contribution in [0.3, 0.4) is 0 Å². The number of benzene rings is 2. The number of methoxy groups -OCH3 is 1. The van der Waals surface area contributed by atoms with Crippen LogP contribution >= 0.6 is 27.7 Å². The van der Waals surface area contributed by atoms with Gasteiger partial charge in [-0.15, -0.1) is 11.8 Å². The van der Waals surface area contributed by atoms with Gasteiger partial charge in [0, 0.05) is 15.1 Å². The standard InChI is InChI=1S/C15H15BrO2S/c1-18-13-5-6-15(16)12(8-13)10-19-14-4-2-3-11(7-14)9-17/h2-8,17H,9-10H2,1H3. The molecule has 0 amide bonds. The second-order valence-electron chi connectivity index (χ2n) is 4.05. The summed E-state index contributed by atoms with van der Waals surface area (Å²) in [6, 6.07) is 13.9. The van der Waals surface area contributed by atoms with Gasteiger partial charge in [-0.05, 0) is 41.5 Å². The molecular weight excluding hydrogens is 324 g/mol. The fraction of sp³-hybridized carbons (Fsp3) is 0.200. The van der Waals surface area contributed by atoms with Gasteiger partial charge in [0.25, 0.3) is 0 Å². The average molecular weight is 339 g/mol. The SMILES string of the molecule is COc1ccc(Br)c(CSc2cccc(CO)c2)c1. The molecule has 0 unspecified atom stereocenters. The van der Waals surface area contributed by atoms with Crippen molar-refractivity contribution in [2.45, 2.75) is 17.3 Å². The van der Waals surface area contributed by atoms with Gasteiger partial charge >= 0.3 is 0 Å². The molecule has 0 fully saturated rings. The Morgan fingerprint density at radius 3 is 2.79 bits per heavy atom. The highest BCUT2D eigenvalue weighted by Crippen LogP contribution is 2.29. The maximum atomic E-state index is 9.13. The molecule has 4 heteroatoms. The zero-order valence-corrected chi connectivity index (χ0v) is 13.0. The fourth-order valence-electron chi connectivity index (χ4n) is 1.68. The summed E-state index contributed by atoms with van der Waals surface area (Å²) in [7, 11) is 1.67. The van der Waals surface area contributed by atoms with Crippen LogP contribution in [0, 0.1) is 0 Å². The van der Waals surface area contributed by atoms with Crippen molar-refractivity contribution in [3.63, 3.8) is 0 Å². The molecule has 100 valence electrons. The van der Waals surface area contributed by atoms with Crippen LogP contribution in [0.5, 0.6) is 5.75 Å². The van der Waals surface area contributed by atoms with Crippen molar-refractivity contribution in [3.8, 4) is 5.75 Å². The second kappa shape index (κ2) is 6.98. The third kappa shape index (κ3) is 4.00. The van der Waals surface area contributed by atoms with Crippen LogP contribution in [0.15, 0.2) is 51.8 Å². The molecule has 0 spiro atoms. The van der Waals surface area contributed by atoms with E-state index in [1.807, 2.05) is 36.4 Å². The van der Waals surface area contributed by atoms with Crippen molar-refractivity contribution in [1.82, 2.24) is 0 Å². The van der Waals surface area contributed by atoms with Crippen LogP contribution < -0.4 is 4.74 Å². The quantitative estimate of drug-likeness (QED) is 0.826. The summed E-state index contributed by atoms with van der Waals surface area (Å²) in [5.74, 6) is 1.72. The summed E-state index contributed by atoms with van der Waals surface area (Å²) in [5.41, 5.74) is 2.13. The predicted octanol–water partition coefficient (Wildman–Crippen LogP) is 4.24. The van der Waals surface area contributed by atoms with Crippen LogP contribution in [0.1, 0.15) is 11.1 Å². The molecule has 0 saturated carbocycles. The lowest BCUT2D eigenvalue weighted by atomic mass is 10.2. The molecule has 0 aromatic heterocycles. The zero-order chi connectivity index (χ0) is 13.7. The highest BCUT2D eigenvalue weighted by atomic mass is 79.9. The van der Waals surface area contributed by atoms with Crippen molar-refractivity contribution < 1.29 is 9.84 Å². The average Bonchev–Trinajstić information content (AvgIpc) is 2.46. The Hall–Kier alpha value is -0.970. The van der Waals surface area contributed by atoms with E-state index in [0.717, 1.165) is 26.4 Å². The maximum absolute atomic E-state index is 9.13. The highest BCUT2D eigenvalue weighted by molar-refractivity contribution is 9.10. The van der Waals surface area contributed by atoms with E-state index in [0.29, 0.717) is 0 Å². The van der Waals surface area contributed by atoms with Crippen molar-refractivity contribution in [2.24, 2.45) is 0 Å². The summed E-state index contributed by atoms with van der Waals surface area (Å²) in [5, 5.41) is 9.13. The molecule has 0 saturated heterocycles. The molecule has 1 N–H and O–H groups in total. The first-order valence-electron chi connectivity index (χ1n) is 5.88. The molecule has 2 rings (SSSR count). The highest BCUT2D eigenvalue weighted by Gasteiger charge is 2.04. The van der Waals surface area contributed by atoms with Crippen LogP contribution in [0.25, 0.3) is 0 Å². The summed E-state index contributed by atoms with van der Waals surface area (Å²) in [6.07, 6.45) is 0. The number of hydrogen-bond acceptors (Lipinski definition) is 3. The van der Waals surface area contributed by atoms with Gasteiger partial charge in [0.15, 0.2) is 0 Å².